The number of aromatic nitrogens is 1. The smallest absolute Gasteiger partial charge is 0.272 e. The topological polar surface area (TPSA) is 53.4 Å². The zero-order valence-corrected chi connectivity index (χ0v) is 10.1. The summed E-state index contributed by atoms with van der Waals surface area (Å²) in [6, 6.07) is 3.22. The number of halogens is 1. The van der Waals surface area contributed by atoms with Crippen molar-refractivity contribution >= 4 is 17.5 Å². The first kappa shape index (κ1) is 12.9. The van der Waals surface area contributed by atoms with Gasteiger partial charge in [0.2, 0.25) is 0 Å². The maximum atomic E-state index is 11.8. The first-order valence-corrected chi connectivity index (χ1v) is 5.43. The fraction of sp³-hybridized carbons (Fsp3) is 0.455. The largest absolute Gasteiger partial charge is 0.393 e. The average Bonchev–Trinajstić information content (AvgIpc) is 2.26. The van der Waals surface area contributed by atoms with Gasteiger partial charge in [0, 0.05) is 19.8 Å². The second-order valence-electron chi connectivity index (χ2n) is 3.73. The number of pyridine rings is 1. The second-order valence-corrected chi connectivity index (χ2v) is 4.16. The van der Waals surface area contributed by atoms with Gasteiger partial charge in [-0.3, -0.25) is 4.79 Å². The average molecular weight is 243 g/mol. The Morgan fingerprint density at radius 1 is 1.62 bits per heavy atom. The highest BCUT2D eigenvalue weighted by Crippen LogP contribution is 2.08. The SMILES string of the molecule is CC(O)CCN(C)C(=O)c1ccc(Cl)cn1. The van der Waals surface area contributed by atoms with Gasteiger partial charge in [-0.05, 0) is 25.5 Å². The van der Waals surface area contributed by atoms with Crippen LogP contribution in [0.1, 0.15) is 23.8 Å². The van der Waals surface area contributed by atoms with Crippen molar-refractivity contribution in [2.24, 2.45) is 0 Å². The molecule has 5 heteroatoms. The van der Waals surface area contributed by atoms with E-state index in [0.29, 0.717) is 23.7 Å². The predicted octanol–water partition coefficient (Wildman–Crippen LogP) is 1.58. The summed E-state index contributed by atoms with van der Waals surface area (Å²) in [6.07, 6.45) is 1.58. The molecule has 16 heavy (non-hydrogen) atoms. The van der Waals surface area contributed by atoms with E-state index in [4.69, 9.17) is 16.7 Å². The molecule has 1 aromatic rings. The van der Waals surface area contributed by atoms with Crippen LogP contribution in [0, 0.1) is 0 Å². The lowest BCUT2D eigenvalue weighted by Crippen LogP contribution is -2.30. The van der Waals surface area contributed by atoms with Crippen LogP contribution in [0.5, 0.6) is 0 Å². The summed E-state index contributed by atoms with van der Waals surface area (Å²) >= 11 is 5.68. The maximum Gasteiger partial charge on any atom is 0.272 e. The van der Waals surface area contributed by atoms with Crippen molar-refractivity contribution in [2.45, 2.75) is 19.4 Å². The normalized spacial score (nSPS) is 12.2. The highest BCUT2D eigenvalue weighted by molar-refractivity contribution is 6.30. The van der Waals surface area contributed by atoms with Crippen LogP contribution in [-0.2, 0) is 0 Å². The third kappa shape index (κ3) is 3.79. The molecule has 0 saturated heterocycles. The number of amides is 1. The molecule has 0 aliphatic rings. The Hall–Kier alpha value is -1.13. The molecule has 0 aliphatic carbocycles. The lowest BCUT2D eigenvalue weighted by Gasteiger charge is -2.17. The molecule has 1 aromatic heterocycles. The summed E-state index contributed by atoms with van der Waals surface area (Å²) in [5.74, 6) is -0.169. The van der Waals surface area contributed by atoms with E-state index in [-0.39, 0.29) is 5.91 Å². The first-order valence-electron chi connectivity index (χ1n) is 5.06. The minimum Gasteiger partial charge on any atom is -0.393 e. The molecule has 0 radical (unpaired) electrons. The molecule has 0 aliphatic heterocycles. The lowest BCUT2D eigenvalue weighted by molar-refractivity contribution is 0.0763. The number of carbonyl (C=O) groups excluding carboxylic acids is 1. The fourth-order valence-electron chi connectivity index (χ4n) is 1.18. The zero-order valence-electron chi connectivity index (χ0n) is 9.35. The Balaban J connectivity index is 2.60. The Morgan fingerprint density at radius 3 is 2.81 bits per heavy atom. The summed E-state index contributed by atoms with van der Waals surface area (Å²) in [5.41, 5.74) is 0.359. The van der Waals surface area contributed by atoms with Gasteiger partial charge < -0.3 is 10.0 Å². The van der Waals surface area contributed by atoms with E-state index >= 15 is 0 Å². The Morgan fingerprint density at radius 2 is 2.31 bits per heavy atom. The van der Waals surface area contributed by atoms with Crippen LogP contribution in [0.4, 0.5) is 0 Å². The van der Waals surface area contributed by atoms with Gasteiger partial charge >= 0.3 is 0 Å². The predicted molar refractivity (Wildman–Crippen MR) is 62.5 cm³/mol. The van der Waals surface area contributed by atoms with Gasteiger partial charge in [0.1, 0.15) is 5.69 Å². The van der Waals surface area contributed by atoms with Gasteiger partial charge in [-0.25, -0.2) is 4.98 Å². The molecule has 1 N–H and O–H groups in total. The van der Waals surface area contributed by atoms with Crippen LogP contribution in [-0.4, -0.2) is 40.6 Å². The van der Waals surface area contributed by atoms with Crippen LogP contribution in [0.3, 0.4) is 0 Å². The third-order valence-electron chi connectivity index (χ3n) is 2.18. The molecule has 1 amide bonds. The lowest BCUT2D eigenvalue weighted by atomic mass is 10.2. The molecule has 1 rings (SSSR count). The number of aliphatic hydroxyl groups is 1. The number of aliphatic hydroxyl groups excluding tert-OH is 1. The minimum absolute atomic E-state index is 0.169. The molecular weight excluding hydrogens is 228 g/mol. The molecule has 1 unspecified atom stereocenters. The van der Waals surface area contributed by atoms with Crippen molar-refractivity contribution in [3.05, 3.63) is 29.0 Å². The highest BCUT2D eigenvalue weighted by atomic mass is 35.5. The van der Waals surface area contributed by atoms with Crippen LogP contribution >= 0.6 is 11.6 Å². The number of carbonyl (C=O) groups is 1. The summed E-state index contributed by atoms with van der Waals surface area (Å²) in [4.78, 5) is 17.3. The summed E-state index contributed by atoms with van der Waals surface area (Å²) in [7, 11) is 1.68. The fourth-order valence-corrected chi connectivity index (χ4v) is 1.29. The van der Waals surface area contributed by atoms with E-state index in [2.05, 4.69) is 4.98 Å². The molecule has 88 valence electrons. The summed E-state index contributed by atoms with van der Waals surface area (Å²) < 4.78 is 0. The quantitative estimate of drug-likeness (QED) is 0.872. The maximum absolute atomic E-state index is 11.8. The summed E-state index contributed by atoms with van der Waals surface area (Å²) in [5, 5.41) is 9.62. The number of hydrogen-bond acceptors (Lipinski definition) is 3. The Bertz CT molecular complexity index is 352. The van der Waals surface area contributed by atoms with E-state index in [9.17, 15) is 4.79 Å². The van der Waals surface area contributed by atoms with E-state index in [0.717, 1.165) is 0 Å². The van der Waals surface area contributed by atoms with Crippen molar-refractivity contribution in [1.82, 2.24) is 9.88 Å². The van der Waals surface area contributed by atoms with Crippen LogP contribution in [0.2, 0.25) is 5.02 Å². The van der Waals surface area contributed by atoms with E-state index < -0.39 is 6.10 Å². The van der Waals surface area contributed by atoms with Gasteiger partial charge in [0.15, 0.2) is 0 Å². The van der Waals surface area contributed by atoms with Crippen LogP contribution in [0.15, 0.2) is 18.3 Å². The van der Waals surface area contributed by atoms with Crippen molar-refractivity contribution in [3.8, 4) is 0 Å². The Kier molecular flexibility index (Phi) is 4.71. The van der Waals surface area contributed by atoms with Crippen LogP contribution in [0.25, 0.3) is 0 Å². The van der Waals surface area contributed by atoms with Crippen molar-refractivity contribution in [2.75, 3.05) is 13.6 Å². The number of hydrogen-bond donors (Lipinski definition) is 1. The molecule has 0 saturated carbocycles. The first-order chi connectivity index (χ1) is 7.50. The molecule has 1 heterocycles. The molecule has 0 fully saturated rings. The van der Waals surface area contributed by atoms with E-state index in [1.54, 1.807) is 26.1 Å². The molecule has 1 atom stereocenters. The van der Waals surface area contributed by atoms with Crippen molar-refractivity contribution in [1.29, 1.82) is 0 Å². The molecule has 4 nitrogen and oxygen atoms in total. The van der Waals surface area contributed by atoms with Gasteiger partial charge in [0.25, 0.3) is 5.91 Å². The highest BCUT2D eigenvalue weighted by Gasteiger charge is 2.13. The number of nitrogens with zero attached hydrogens (tertiary/aromatic N) is 2. The van der Waals surface area contributed by atoms with Crippen molar-refractivity contribution in [3.63, 3.8) is 0 Å². The molecular formula is C11H15ClN2O2. The van der Waals surface area contributed by atoms with Gasteiger partial charge in [-0.2, -0.15) is 0 Å². The molecule has 0 spiro atoms. The third-order valence-corrected chi connectivity index (χ3v) is 2.40. The molecule has 0 aromatic carbocycles. The van der Waals surface area contributed by atoms with Crippen molar-refractivity contribution < 1.29 is 9.90 Å². The van der Waals surface area contributed by atoms with E-state index in [1.165, 1.54) is 11.1 Å². The van der Waals surface area contributed by atoms with Gasteiger partial charge in [-0.1, -0.05) is 11.6 Å². The van der Waals surface area contributed by atoms with Gasteiger partial charge in [0.05, 0.1) is 11.1 Å². The van der Waals surface area contributed by atoms with E-state index in [1.807, 2.05) is 0 Å². The minimum atomic E-state index is -0.409. The number of rotatable bonds is 4. The second kappa shape index (κ2) is 5.82. The molecule has 0 bridgehead atoms. The zero-order chi connectivity index (χ0) is 12.1. The van der Waals surface area contributed by atoms with Gasteiger partial charge in [-0.15, -0.1) is 0 Å². The monoisotopic (exact) mass is 242 g/mol. The standard InChI is InChI=1S/C11H15ClN2O2/c1-8(15)5-6-14(2)11(16)10-4-3-9(12)7-13-10/h3-4,7-8,15H,5-6H2,1-2H3. The Labute approximate surface area is 99.9 Å². The summed E-state index contributed by atoms with van der Waals surface area (Å²) in [6.45, 7) is 2.19. The van der Waals surface area contributed by atoms with Crippen LogP contribution < -0.4 is 0 Å².